The van der Waals surface area contributed by atoms with Crippen LogP contribution in [-0.4, -0.2) is 70.0 Å². The highest BCUT2D eigenvalue weighted by Crippen LogP contribution is 2.38. The summed E-state index contributed by atoms with van der Waals surface area (Å²) in [6.45, 7) is 4.01. The molecule has 0 heterocycles. The van der Waals surface area contributed by atoms with Gasteiger partial charge in [0.25, 0.3) is 7.82 Å². The summed E-state index contributed by atoms with van der Waals surface area (Å²) in [7, 11) is 1.11. The summed E-state index contributed by atoms with van der Waals surface area (Å²) in [5.41, 5.74) is 0. The van der Waals surface area contributed by atoms with Crippen molar-refractivity contribution in [1.29, 1.82) is 0 Å². The van der Waals surface area contributed by atoms with Gasteiger partial charge in [-0.1, -0.05) is 247 Å². The molecule has 9 nitrogen and oxygen atoms in total. The largest absolute Gasteiger partial charge is 0.756 e. The number of carbonyl (C=O) groups is 2. The van der Waals surface area contributed by atoms with E-state index in [-0.39, 0.29) is 26.1 Å². The number of allylic oxidation sites excluding steroid dienone is 13. The number of esters is 2. The Bertz CT molecular complexity index is 1490. The summed E-state index contributed by atoms with van der Waals surface area (Å²) in [5, 5.41) is 0. The van der Waals surface area contributed by atoms with Crippen LogP contribution in [0, 0.1) is 0 Å². The molecular weight excluding hydrogens is 918 g/mol. The standard InChI is InChI=1S/C62H110NO8P/c1-6-8-10-12-14-16-18-20-22-23-24-25-26-27-28-29-30-31-32-33-34-35-36-37-38-39-41-42-44-46-48-50-52-54-61(64)68-58-60(59-70-72(66,67)69-57-56-63(3,4)5)71-62(65)55-53-51-49-47-45-43-40-21-19-17-15-13-11-9-7-2/h9,11,15,17-18,20-21,23-24,40,45,47,51,53,60H,6-8,10,12-14,16,19,22,25-39,41-44,46,48-50,52,54-59H2,1-5H3/b11-9-,17-15-,20-18-,24-23-,40-21-,47-45-,53-51-. The van der Waals surface area contributed by atoms with Crippen molar-refractivity contribution in [1.82, 2.24) is 0 Å². The van der Waals surface area contributed by atoms with Crippen molar-refractivity contribution in [3.63, 3.8) is 0 Å². The zero-order valence-electron chi connectivity index (χ0n) is 47.1. The van der Waals surface area contributed by atoms with Crippen LogP contribution in [0.1, 0.15) is 245 Å². The van der Waals surface area contributed by atoms with Gasteiger partial charge in [-0.05, 0) is 70.6 Å². The average Bonchev–Trinajstić information content (AvgIpc) is 3.34. The fourth-order valence-corrected chi connectivity index (χ4v) is 8.67. The highest BCUT2D eigenvalue weighted by Gasteiger charge is 2.21. The Morgan fingerprint density at radius 3 is 1.25 bits per heavy atom. The van der Waals surface area contributed by atoms with Gasteiger partial charge in [0, 0.05) is 6.42 Å². The molecule has 2 unspecified atom stereocenters. The highest BCUT2D eigenvalue weighted by molar-refractivity contribution is 7.45. The maximum atomic E-state index is 12.7. The van der Waals surface area contributed by atoms with E-state index in [4.69, 9.17) is 18.5 Å². The third kappa shape index (κ3) is 56.5. The van der Waals surface area contributed by atoms with E-state index in [1.165, 1.54) is 161 Å². The molecule has 0 fully saturated rings. The Morgan fingerprint density at radius 2 is 0.833 bits per heavy atom. The third-order valence-electron chi connectivity index (χ3n) is 12.4. The summed E-state index contributed by atoms with van der Waals surface area (Å²) < 4.78 is 33.9. The lowest BCUT2D eigenvalue weighted by atomic mass is 10.0. The fraction of sp³-hybridized carbons (Fsp3) is 0.742. The normalized spacial score (nSPS) is 13.9. The van der Waals surface area contributed by atoms with Crippen molar-refractivity contribution in [2.45, 2.75) is 251 Å². The first-order valence-electron chi connectivity index (χ1n) is 29.3. The van der Waals surface area contributed by atoms with Gasteiger partial charge in [0.15, 0.2) is 6.10 Å². The van der Waals surface area contributed by atoms with Gasteiger partial charge in [-0.25, -0.2) is 0 Å². The van der Waals surface area contributed by atoms with E-state index >= 15 is 0 Å². The van der Waals surface area contributed by atoms with Crippen molar-refractivity contribution >= 4 is 19.8 Å². The number of hydrogen-bond donors (Lipinski definition) is 0. The van der Waals surface area contributed by atoms with Crippen LogP contribution in [0.4, 0.5) is 0 Å². The number of rotatable bonds is 53. The molecule has 0 saturated heterocycles. The quantitative estimate of drug-likeness (QED) is 0.0195. The van der Waals surface area contributed by atoms with E-state index in [1.807, 2.05) is 33.3 Å². The van der Waals surface area contributed by atoms with Crippen molar-refractivity contribution in [3.8, 4) is 0 Å². The zero-order chi connectivity index (χ0) is 52.7. The van der Waals surface area contributed by atoms with E-state index in [1.54, 1.807) is 6.08 Å². The summed E-state index contributed by atoms with van der Waals surface area (Å²) in [6, 6.07) is 0. The molecular formula is C62H110NO8P. The van der Waals surface area contributed by atoms with E-state index in [0.29, 0.717) is 17.4 Å². The zero-order valence-corrected chi connectivity index (χ0v) is 48.0. The number of hydrogen-bond acceptors (Lipinski definition) is 8. The topological polar surface area (TPSA) is 111 Å². The number of likely N-dealkylation sites (N-methyl/N-ethyl adjacent to an activating group) is 1. The van der Waals surface area contributed by atoms with Crippen LogP contribution in [0.3, 0.4) is 0 Å². The van der Waals surface area contributed by atoms with Crippen molar-refractivity contribution in [2.75, 3.05) is 47.5 Å². The van der Waals surface area contributed by atoms with E-state index < -0.39 is 32.5 Å². The minimum absolute atomic E-state index is 0.00907. The molecule has 0 spiro atoms. The molecule has 0 aliphatic heterocycles. The Kier molecular flexibility index (Phi) is 51.0. The van der Waals surface area contributed by atoms with Gasteiger partial charge in [0.1, 0.15) is 19.8 Å². The Morgan fingerprint density at radius 1 is 0.458 bits per heavy atom. The number of phosphoric ester groups is 1. The smallest absolute Gasteiger partial charge is 0.310 e. The van der Waals surface area contributed by atoms with Crippen molar-refractivity contribution in [3.05, 3.63) is 85.1 Å². The lowest BCUT2D eigenvalue weighted by Crippen LogP contribution is -2.37. The van der Waals surface area contributed by atoms with Gasteiger partial charge in [0.2, 0.25) is 0 Å². The Labute approximate surface area is 443 Å². The molecule has 72 heavy (non-hydrogen) atoms. The number of carbonyl (C=O) groups excluding carboxylic acids is 2. The number of phosphoric acid groups is 1. The van der Waals surface area contributed by atoms with Gasteiger partial charge in [-0.15, -0.1) is 0 Å². The van der Waals surface area contributed by atoms with Gasteiger partial charge in [0.05, 0.1) is 34.2 Å². The lowest BCUT2D eigenvalue weighted by molar-refractivity contribution is -0.870. The maximum Gasteiger partial charge on any atom is 0.310 e. The fourth-order valence-electron chi connectivity index (χ4n) is 7.94. The molecule has 0 amide bonds. The number of quaternary nitrogens is 1. The summed E-state index contributed by atoms with van der Waals surface area (Å²) in [5.74, 6) is -0.979. The molecule has 0 aromatic carbocycles. The Balaban J connectivity index is 4.06. The van der Waals surface area contributed by atoms with Gasteiger partial charge < -0.3 is 27.9 Å². The predicted octanol–water partition coefficient (Wildman–Crippen LogP) is 17.6. The SMILES string of the molecule is CC/C=C\C/C=C\C/C=C\C/C=C\C/C=C\CC(=O)OC(COC(=O)CCCCCCCCCCCCCCCCCCCCCCC/C=C\C/C=C\CCCCCCC)COP(=O)([O-])OCC[N+](C)(C)C. The second-order valence-corrected chi connectivity index (χ2v) is 22.1. The van der Waals surface area contributed by atoms with E-state index in [0.717, 1.165) is 51.4 Å². The van der Waals surface area contributed by atoms with Crippen LogP contribution in [0.2, 0.25) is 0 Å². The van der Waals surface area contributed by atoms with Crippen LogP contribution >= 0.6 is 7.82 Å². The summed E-state index contributed by atoms with van der Waals surface area (Å²) in [4.78, 5) is 37.7. The number of unbranched alkanes of at least 4 members (excludes halogenated alkanes) is 26. The molecule has 0 aromatic rings. The molecule has 0 rings (SSSR count). The molecule has 0 aromatic heterocycles. The summed E-state index contributed by atoms with van der Waals surface area (Å²) in [6.07, 6.45) is 71.2. The molecule has 2 atom stereocenters. The first-order valence-corrected chi connectivity index (χ1v) is 30.8. The highest BCUT2D eigenvalue weighted by atomic mass is 31.2. The first-order chi connectivity index (χ1) is 35.0. The molecule has 416 valence electrons. The number of nitrogens with zero attached hydrogens (tertiary/aromatic N) is 1. The average molecular weight is 1030 g/mol. The Hall–Kier alpha value is -2.81. The second-order valence-electron chi connectivity index (χ2n) is 20.6. The molecule has 0 aliphatic rings. The van der Waals surface area contributed by atoms with Crippen LogP contribution in [0.25, 0.3) is 0 Å². The minimum atomic E-state index is -4.66. The van der Waals surface area contributed by atoms with E-state index in [2.05, 4.69) is 80.7 Å². The lowest BCUT2D eigenvalue weighted by Gasteiger charge is -2.28. The van der Waals surface area contributed by atoms with E-state index in [9.17, 15) is 19.0 Å². The molecule has 0 N–H and O–H groups in total. The third-order valence-corrected chi connectivity index (χ3v) is 13.4. The molecule has 0 radical (unpaired) electrons. The van der Waals surface area contributed by atoms with Crippen LogP contribution < -0.4 is 4.89 Å². The predicted molar refractivity (Wildman–Crippen MR) is 305 cm³/mol. The monoisotopic (exact) mass is 1030 g/mol. The number of ether oxygens (including phenoxy) is 2. The molecule has 10 heteroatoms. The van der Waals surface area contributed by atoms with Gasteiger partial charge in [-0.3, -0.25) is 14.2 Å². The molecule has 0 saturated carbocycles. The molecule has 0 bridgehead atoms. The minimum Gasteiger partial charge on any atom is -0.756 e. The maximum absolute atomic E-state index is 12.7. The van der Waals surface area contributed by atoms with Gasteiger partial charge >= 0.3 is 11.9 Å². The van der Waals surface area contributed by atoms with Crippen molar-refractivity contribution < 1.29 is 42.1 Å². The van der Waals surface area contributed by atoms with Crippen molar-refractivity contribution in [2.24, 2.45) is 0 Å². The molecule has 0 aliphatic carbocycles. The second kappa shape index (κ2) is 53.0. The van der Waals surface area contributed by atoms with Crippen LogP contribution in [0.5, 0.6) is 0 Å². The van der Waals surface area contributed by atoms with Crippen LogP contribution in [0.15, 0.2) is 85.1 Å². The first kappa shape index (κ1) is 69.2. The van der Waals surface area contributed by atoms with Gasteiger partial charge in [-0.2, -0.15) is 0 Å². The van der Waals surface area contributed by atoms with Crippen LogP contribution in [-0.2, 0) is 32.7 Å². The summed E-state index contributed by atoms with van der Waals surface area (Å²) >= 11 is 0.